The lowest BCUT2D eigenvalue weighted by Gasteiger charge is -2.46. The number of phenols is 1. The molecule has 0 radical (unpaired) electrons. The molecule has 7 aromatic rings. The maximum absolute atomic E-state index is 14.2. The summed E-state index contributed by atoms with van der Waals surface area (Å²) in [5.41, 5.74) is -26.6. The number of alkyl halides is 24. The van der Waals surface area contributed by atoms with Gasteiger partial charge in [-0.05, 0) is 42.0 Å². The van der Waals surface area contributed by atoms with Gasteiger partial charge in [0, 0.05) is 5.56 Å². The summed E-state index contributed by atoms with van der Waals surface area (Å²) in [5, 5.41) is 9.35. The van der Waals surface area contributed by atoms with Crippen molar-refractivity contribution in [3.63, 3.8) is 0 Å². The average Bonchev–Trinajstić information content (AvgIpc) is 3.31. The first-order valence-corrected chi connectivity index (χ1v) is 21.6. The van der Waals surface area contributed by atoms with Crippen molar-refractivity contribution in [3.8, 4) is 5.75 Å². The van der Waals surface area contributed by atoms with Crippen molar-refractivity contribution in [3.05, 3.63) is 207 Å². The standard InChI is InChI=1S/C32H12BF24.C18H16N2O/c34-25(35,36)13-1-14(26(37,38)39)6-21(5-13)33(22-7-15(27(40,41)42)2-16(8-22)28(43,44)45,23-9-17(29(46,47)48)3-18(10-23)30(49,50)51)24-11-19(31(52,53)54)4-20(12-24)32(55,56)57;21-18-8-6-15(7-9-18)12-17-13-19-10-11-20(17)14-16-4-2-1-3-5-16/h1-12H;1-11,13H,12,14H2/q-1;/p+1. The van der Waals surface area contributed by atoms with Gasteiger partial charge in [0.05, 0.1) is 63.3 Å². The van der Waals surface area contributed by atoms with Crippen LogP contribution in [0.25, 0.3) is 0 Å². The number of nitrogens with zero attached hydrogens (tertiary/aromatic N) is 2. The minimum Gasteiger partial charge on any atom is -0.508 e. The predicted molar refractivity (Wildman–Crippen MR) is 231 cm³/mol. The Hall–Kier alpha value is -7.42. The predicted octanol–water partition coefficient (Wildman–Crippen LogP) is 13.9. The van der Waals surface area contributed by atoms with E-state index in [1.807, 2.05) is 36.8 Å². The van der Waals surface area contributed by atoms with Crippen LogP contribution in [-0.4, -0.2) is 16.2 Å². The molecule has 0 saturated carbocycles. The number of phenolic OH excluding ortho intramolecular Hbond substituents is 1. The van der Waals surface area contributed by atoms with Gasteiger partial charge in [-0.3, -0.25) is 4.98 Å². The van der Waals surface area contributed by atoms with E-state index < -0.39 is 195 Å². The molecule has 1 aromatic heterocycles. The molecule has 0 fully saturated rings. The topological polar surface area (TPSA) is 37.0 Å². The monoisotopic (exact) mass is 1140 g/mol. The summed E-state index contributed by atoms with van der Waals surface area (Å²) >= 11 is 0. The van der Waals surface area contributed by atoms with Gasteiger partial charge in [0.1, 0.15) is 11.9 Å². The van der Waals surface area contributed by atoms with Crippen molar-refractivity contribution in [1.82, 2.24) is 4.98 Å². The average molecular weight is 1140 g/mol. The number of hydrogen-bond donors (Lipinski definition) is 1. The highest BCUT2D eigenvalue weighted by molar-refractivity contribution is 7.20. The maximum atomic E-state index is 14.2. The highest BCUT2D eigenvalue weighted by atomic mass is 19.4. The first-order chi connectivity index (χ1) is 35.6. The van der Waals surface area contributed by atoms with Crippen LogP contribution >= 0.6 is 0 Å². The van der Waals surface area contributed by atoms with Crippen LogP contribution < -0.4 is 26.4 Å². The van der Waals surface area contributed by atoms with E-state index in [0.717, 1.165) is 24.2 Å². The Morgan fingerprint density at radius 2 is 0.641 bits per heavy atom. The van der Waals surface area contributed by atoms with Gasteiger partial charge in [-0.2, -0.15) is 132 Å². The van der Waals surface area contributed by atoms with Crippen molar-refractivity contribution in [1.29, 1.82) is 0 Å². The van der Waals surface area contributed by atoms with Crippen LogP contribution in [0.3, 0.4) is 0 Å². The zero-order valence-electron chi connectivity index (χ0n) is 38.3. The van der Waals surface area contributed by atoms with Gasteiger partial charge >= 0.3 is 49.4 Å². The third kappa shape index (κ3) is 14.0. The highest BCUT2D eigenvalue weighted by Gasteiger charge is 2.47. The normalized spacial score (nSPS) is 13.3. The quantitative estimate of drug-likeness (QED) is 0.0935. The molecule has 28 heteroatoms. The second-order valence-corrected chi connectivity index (χ2v) is 17.2. The number of aromatic hydroxyl groups is 1. The van der Waals surface area contributed by atoms with Crippen LogP contribution in [0.1, 0.15) is 61.3 Å². The number of hydrogen-bond acceptors (Lipinski definition) is 2. The molecule has 416 valence electrons. The minimum absolute atomic E-state index is 0.294. The molecule has 0 spiro atoms. The summed E-state index contributed by atoms with van der Waals surface area (Å²) < 4.78 is 343. The third-order valence-electron chi connectivity index (χ3n) is 11.9. The number of halogens is 24. The van der Waals surface area contributed by atoms with E-state index in [1.54, 1.807) is 12.1 Å². The molecule has 0 bridgehead atoms. The van der Waals surface area contributed by atoms with E-state index >= 15 is 0 Å². The van der Waals surface area contributed by atoms with Crippen molar-refractivity contribution >= 4 is 28.0 Å². The molecular weight excluding hydrogens is 1110 g/mol. The van der Waals surface area contributed by atoms with Crippen LogP contribution in [0.2, 0.25) is 0 Å². The summed E-state index contributed by atoms with van der Waals surface area (Å²) in [5.74, 6) is 0.294. The van der Waals surface area contributed by atoms with E-state index in [9.17, 15) is 110 Å². The number of benzene rings is 6. The highest BCUT2D eigenvalue weighted by Crippen LogP contribution is 2.41. The van der Waals surface area contributed by atoms with Crippen LogP contribution in [-0.2, 0) is 62.4 Å². The van der Waals surface area contributed by atoms with Crippen LogP contribution in [0, 0.1) is 0 Å². The first-order valence-electron chi connectivity index (χ1n) is 21.6. The molecule has 0 atom stereocenters. The van der Waals surface area contributed by atoms with E-state index in [0.29, 0.717) is 5.75 Å². The van der Waals surface area contributed by atoms with Crippen LogP contribution in [0.5, 0.6) is 5.75 Å². The van der Waals surface area contributed by atoms with Gasteiger partial charge in [-0.1, -0.05) is 91.0 Å². The van der Waals surface area contributed by atoms with E-state index in [1.165, 1.54) is 5.56 Å². The second-order valence-electron chi connectivity index (χ2n) is 17.2. The Balaban J connectivity index is 0.000000387. The number of rotatable bonds is 8. The summed E-state index contributed by atoms with van der Waals surface area (Å²) in [6.45, 7) is 0.830. The Morgan fingerprint density at radius 1 is 0.359 bits per heavy atom. The molecule has 6 aromatic carbocycles. The van der Waals surface area contributed by atoms with Crippen LogP contribution in [0.4, 0.5) is 105 Å². The van der Waals surface area contributed by atoms with E-state index in [2.05, 4.69) is 33.8 Å². The molecule has 0 amide bonds. The molecule has 0 saturated heterocycles. The smallest absolute Gasteiger partial charge is 0.416 e. The molecule has 0 aliphatic heterocycles. The van der Waals surface area contributed by atoms with Gasteiger partial charge < -0.3 is 5.11 Å². The lowest BCUT2D eigenvalue weighted by molar-refractivity contribution is -0.695. The molecule has 7 rings (SSSR count). The Kier molecular flexibility index (Phi) is 16.2. The summed E-state index contributed by atoms with van der Waals surface area (Å²) in [7, 11) is 0. The zero-order valence-corrected chi connectivity index (χ0v) is 38.3. The van der Waals surface area contributed by atoms with Gasteiger partial charge in [0.15, 0.2) is 12.7 Å². The SMILES string of the molecule is FC(F)(F)c1cc([B-](c2cc(C(F)(F)F)cc(C(F)(F)F)c2)(c2cc(C(F)(F)F)cc(C(F)(F)F)c2)c2cc(C(F)(F)F)cc(C(F)(F)F)c2)cc(C(F)(F)F)c1.Oc1ccc(Cc2cncc[n+]2Cc2ccccc2)cc1. The Labute approximate surface area is 423 Å². The van der Waals surface area contributed by atoms with Crippen molar-refractivity contribution < 1.29 is 115 Å². The number of aromatic nitrogens is 2. The zero-order chi connectivity index (χ0) is 58.4. The molecule has 0 aliphatic carbocycles. The molecular formula is C50H29BF24N2O. The molecule has 78 heavy (non-hydrogen) atoms. The summed E-state index contributed by atoms with van der Waals surface area (Å²) in [6.07, 6.45) is -48.3. The van der Waals surface area contributed by atoms with Gasteiger partial charge in [-0.25, -0.2) is 0 Å². The molecule has 0 unspecified atom stereocenters. The minimum atomic E-state index is -6.13. The Morgan fingerprint density at radius 3 is 0.910 bits per heavy atom. The lowest BCUT2D eigenvalue weighted by atomic mass is 9.12. The van der Waals surface area contributed by atoms with Crippen molar-refractivity contribution in [2.24, 2.45) is 0 Å². The molecule has 1 heterocycles. The van der Waals surface area contributed by atoms with Gasteiger partial charge in [-0.15, -0.1) is 0 Å². The summed E-state index contributed by atoms with van der Waals surface area (Å²) in [6, 6.07) is 8.88. The van der Waals surface area contributed by atoms with Crippen molar-refractivity contribution in [2.75, 3.05) is 0 Å². The van der Waals surface area contributed by atoms with Crippen molar-refractivity contribution in [2.45, 2.75) is 62.4 Å². The van der Waals surface area contributed by atoms with E-state index in [4.69, 9.17) is 0 Å². The molecule has 1 N–H and O–H groups in total. The molecule has 3 nitrogen and oxygen atoms in total. The maximum Gasteiger partial charge on any atom is 0.416 e. The fourth-order valence-corrected chi connectivity index (χ4v) is 8.39. The third-order valence-corrected chi connectivity index (χ3v) is 11.9. The van der Waals surface area contributed by atoms with Crippen LogP contribution in [0.15, 0.2) is 146 Å². The van der Waals surface area contributed by atoms with E-state index in [-0.39, 0.29) is 0 Å². The van der Waals surface area contributed by atoms with Gasteiger partial charge in [0.2, 0.25) is 5.69 Å². The first kappa shape index (κ1) is 59.8. The van der Waals surface area contributed by atoms with Gasteiger partial charge in [0.25, 0.3) is 0 Å². The largest absolute Gasteiger partial charge is 0.508 e. The summed E-state index contributed by atoms with van der Waals surface area (Å²) in [4.78, 5) is 4.23. The lowest BCUT2D eigenvalue weighted by Crippen LogP contribution is -2.75. The fraction of sp³-hybridized carbons (Fsp3) is 0.200. The second kappa shape index (κ2) is 21.1. The molecule has 0 aliphatic rings. The fourth-order valence-electron chi connectivity index (χ4n) is 8.39. The Bertz CT molecular complexity index is 2800.